The highest BCUT2D eigenvalue weighted by atomic mass is 16.2. The van der Waals surface area contributed by atoms with Crippen LogP contribution in [0.1, 0.15) is 25.7 Å². The topological polar surface area (TPSA) is 20.3 Å². The molecule has 2 bridgehead atoms. The lowest BCUT2D eigenvalue weighted by Crippen LogP contribution is -2.28. The van der Waals surface area contributed by atoms with Crippen LogP contribution in [0.3, 0.4) is 0 Å². The lowest BCUT2D eigenvalue weighted by atomic mass is 9.68. The van der Waals surface area contributed by atoms with Crippen molar-refractivity contribution in [2.75, 3.05) is 7.05 Å². The van der Waals surface area contributed by atoms with Gasteiger partial charge in [0.05, 0.1) is 0 Å². The molecule has 13 heavy (non-hydrogen) atoms. The molecule has 0 aromatic rings. The van der Waals surface area contributed by atoms with Gasteiger partial charge in [0.25, 0.3) is 7.41 Å². The Morgan fingerprint density at radius 3 is 3.00 bits per heavy atom. The van der Waals surface area contributed by atoms with E-state index in [1.165, 1.54) is 25.7 Å². The van der Waals surface area contributed by atoms with Gasteiger partial charge in [-0.25, -0.2) is 0 Å². The Bertz CT molecular complexity index is 255. The van der Waals surface area contributed by atoms with Gasteiger partial charge >= 0.3 is 0 Å². The third-order valence-corrected chi connectivity index (χ3v) is 4.25. The minimum Gasteiger partial charge on any atom is -0.393 e. The van der Waals surface area contributed by atoms with E-state index in [0.717, 1.165) is 11.8 Å². The van der Waals surface area contributed by atoms with Crippen molar-refractivity contribution >= 4 is 13.3 Å². The van der Waals surface area contributed by atoms with Crippen molar-refractivity contribution in [2.45, 2.75) is 31.5 Å². The van der Waals surface area contributed by atoms with E-state index in [1.807, 2.05) is 11.9 Å². The molecule has 1 amide bonds. The molecule has 2 saturated carbocycles. The fraction of sp³-hybridized carbons (Fsp3) is 0.900. The van der Waals surface area contributed by atoms with Crippen molar-refractivity contribution in [3.05, 3.63) is 0 Å². The second-order valence-corrected chi connectivity index (χ2v) is 4.89. The number of rotatable bonds is 0. The number of hydrogen-bond acceptors (Lipinski definition) is 1. The second kappa shape index (κ2) is 2.52. The highest BCUT2D eigenvalue weighted by molar-refractivity contribution is 6.43. The summed E-state index contributed by atoms with van der Waals surface area (Å²) in [4.78, 5) is 13.7. The summed E-state index contributed by atoms with van der Waals surface area (Å²) in [5.41, 5.74) is 0. The van der Waals surface area contributed by atoms with E-state index in [1.54, 1.807) is 0 Å². The number of fused-ring (bicyclic) bond motifs is 5. The van der Waals surface area contributed by atoms with E-state index in [9.17, 15) is 4.79 Å². The Hall–Kier alpha value is -0.465. The molecule has 1 radical (unpaired) electrons. The first-order valence-electron chi connectivity index (χ1n) is 5.39. The lowest BCUT2D eigenvalue weighted by molar-refractivity contribution is -0.129. The monoisotopic (exact) mass is 176 g/mol. The standard InChI is InChI=1S/C10H15BNO/c1-12-10(13)8-6-3-2-4-7(5-6)9(8)11-12/h6-9H,2-5H2,1H3. The van der Waals surface area contributed by atoms with E-state index in [2.05, 4.69) is 7.41 Å². The van der Waals surface area contributed by atoms with Crippen LogP contribution in [-0.2, 0) is 4.79 Å². The highest BCUT2D eigenvalue weighted by Gasteiger charge is 2.53. The number of nitrogens with zero attached hydrogens (tertiary/aromatic N) is 1. The Morgan fingerprint density at radius 2 is 2.15 bits per heavy atom. The molecule has 2 nitrogen and oxygen atoms in total. The van der Waals surface area contributed by atoms with Gasteiger partial charge < -0.3 is 4.81 Å². The zero-order chi connectivity index (χ0) is 9.00. The average Bonchev–Trinajstić information content (AvgIpc) is 2.55. The van der Waals surface area contributed by atoms with Gasteiger partial charge in [0.2, 0.25) is 5.91 Å². The maximum atomic E-state index is 11.8. The van der Waals surface area contributed by atoms with E-state index >= 15 is 0 Å². The summed E-state index contributed by atoms with van der Waals surface area (Å²) in [6.45, 7) is 0. The van der Waals surface area contributed by atoms with Crippen LogP contribution in [0.5, 0.6) is 0 Å². The van der Waals surface area contributed by atoms with Crippen molar-refractivity contribution in [1.82, 2.24) is 4.81 Å². The maximum Gasteiger partial charge on any atom is 0.254 e. The first kappa shape index (κ1) is 7.89. The molecule has 3 fully saturated rings. The Balaban J connectivity index is 1.93. The van der Waals surface area contributed by atoms with Crippen molar-refractivity contribution in [3.63, 3.8) is 0 Å². The zero-order valence-corrected chi connectivity index (χ0v) is 8.07. The van der Waals surface area contributed by atoms with Crippen LogP contribution in [0.15, 0.2) is 0 Å². The highest BCUT2D eigenvalue weighted by Crippen LogP contribution is 2.55. The van der Waals surface area contributed by atoms with Crippen LogP contribution in [0.2, 0.25) is 5.82 Å². The van der Waals surface area contributed by atoms with Crippen molar-refractivity contribution in [1.29, 1.82) is 0 Å². The molecule has 4 atom stereocenters. The number of hydrogen-bond donors (Lipinski definition) is 0. The first-order chi connectivity index (χ1) is 6.27. The molecule has 1 heterocycles. The quantitative estimate of drug-likeness (QED) is 0.509. The molecule has 1 saturated heterocycles. The number of carbonyl (C=O) groups is 1. The van der Waals surface area contributed by atoms with Gasteiger partial charge in [0.1, 0.15) is 0 Å². The number of carbonyl (C=O) groups excluding carboxylic acids is 1. The van der Waals surface area contributed by atoms with Crippen LogP contribution in [-0.4, -0.2) is 25.2 Å². The van der Waals surface area contributed by atoms with E-state index in [4.69, 9.17) is 0 Å². The molecule has 3 heteroatoms. The molecule has 0 N–H and O–H groups in total. The van der Waals surface area contributed by atoms with Crippen LogP contribution < -0.4 is 0 Å². The third kappa shape index (κ3) is 0.933. The molecule has 4 unspecified atom stereocenters. The Morgan fingerprint density at radius 1 is 1.38 bits per heavy atom. The summed E-state index contributed by atoms with van der Waals surface area (Å²) in [5, 5.41) is 0. The summed E-state index contributed by atoms with van der Waals surface area (Å²) in [5.74, 6) is 2.91. The summed E-state index contributed by atoms with van der Waals surface area (Å²) >= 11 is 0. The molecule has 69 valence electrons. The number of amides is 1. The van der Waals surface area contributed by atoms with Gasteiger partial charge in [-0.2, -0.15) is 0 Å². The smallest absolute Gasteiger partial charge is 0.254 e. The van der Waals surface area contributed by atoms with E-state index < -0.39 is 0 Å². The average molecular weight is 176 g/mol. The maximum absolute atomic E-state index is 11.8. The molecule has 3 rings (SSSR count). The van der Waals surface area contributed by atoms with Crippen LogP contribution in [0.25, 0.3) is 0 Å². The van der Waals surface area contributed by atoms with Crippen LogP contribution in [0, 0.1) is 17.8 Å². The van der Waals surface area contributed by atoms with Gasteiger partial charge in [-0.3, -0.25) is 4.79 Å². The molecule has 1 aliphatic heterocycles. The summed E-state index contributed by atoms with van der Waals surface area (Å²) in [7, 11) is 4.10. The second-order valence-electron chi connectivity index (χ2n) is 4.89. The molecule has 0 aromatic heterocycles. The largest absolute Gasteiger partial charge is 0.393 e. The molecule has 0 aromatic carbocycles. The molecular weight excluding hydrogens is 161 g/mol. The van der Waals surface area contributed by atoms with Gasteiger partial charge in [0.15, 0.2) is 0 Å². The summed E-state index contributed by atoms with van der Waals surface area (Å²) in [6, 6.07) is 0. The van der Waals surface area contributed by atoms with Crippen molar-refractivity contribution in [2.24, 2.45) is 17.8 Å². The Labute approximate surface area is 79.9 Å². The molecule has 2 aliphatic carbocycles. The first-order valence-corrected chi connectivity index (χ1v) is 5.39. The van der Waals surface area contributed by atoms with E-state index in [-0.39, 0.29) is 0 Å². The van der Waals surface area contributed by atoms with Crippen molar-refractivity contribution < 1.29 is 4.79 Å². The normalized spacial score (nSPS) is 47.8. The van der Waals surface area contributed by atoms with Crippen LogP contribution in [0.4, 0.5) is 0 Å². The van der Waals surface area contributed by atoms with E-state index in [0.29, 0.717) is 17.6 Å². The molecule has 0 spiro atoms. The molecule has 3 aliphatic rings. The SMILES string of the molecule is CN1[B]C2C3CCCC(C3)C2C1=O. The fourth-order valence-corrected chi connectivity index (χ4v) is 3.70. The lowest BCUT2D eigenvalue weighted by Gasteiger charge is -2.23. The molecular formula is C10H15BNO. The predicted octanol–water partition coefficient (Wildman–Crippen LogP) is 1.30. The van der Waals surface area contributed by atoms with Gasteiger partial charge in [0, 0.05) is 5.92 Å². The summed E-state index contributed by atoms with van der Waals surface area (Å²) in [6.07, 6.45) is 5.33. The fourth-order valence-electron chi connectivity index (χ4n) is 3.70. The zero-order valence-electron chi connectivity index (χ0n) is 8.07. The summed E-state index contributed by atoms with van der Waals surface area (Å²) < 4.78 is 0. The van der Waals surface area contributed by atoms with Gasteiger partial charge in [-0.1, -0.05) is 12.8 Å². The van der Waals surface area contributed by atoms with Crippen LogP contribution >= 0.6 is 0 Å². The van der Waals surface area contributed by atoms with Crippen molar-refractivity contribution in [3.8, 4) is 0 Å². The third-order valence-electron chi connectivity index (χ3n) is 4.25. The Kier molecular flexibility index (Phi) is 1.53. The van der Waals surface area contributed by atoms with Gasteiger partial charge in [-0.15, -0.1) is 0 Å². The minimum absolute atomic E-state index is 0.373. The predicted molar refractivity (Wildman–Crippen MR) is 51.2 cm³/mol. The van der Waals surface area contributed by atoms with Gasteiger partial charge in [-0.05, 0) is 37.5 Å². The minimum atomic E-state index is 0.373.